The van der Waals surface area contributed by atoms with Gasteiger partial charge in [-0.05, 0) is 64.7 Å². The maximum atomic E-state index is 12.0. The van der Waals surface area contributed by atoms with Crippen molar-refractivity contribution in [1.82, 2.24) is 5.32 Å². The van der Waals surface area contributed by atoms with Crippen LogP contribution in [0.4, 0.5) is 16.2 Å². The lowest BCUT2D eigenvalue weighted by Crippen LogP contribution is -2.42. The van der Waals surface area contributed by atoms with Gasteiger partial charge in [0.15, 0.2) is 0 Å². The molecule has 1 heterocycles. The van der Waals surface area contributed by atoms with Crippen LogP contribution in [0.2, 0.25) is 5.02 Å². The summed E-state index contributed by atoms with van der Waals surface area (Å²) in [5.41, 5.74) is 0.666. The largest absolute Gasteiger partial charge is 0.455 e. The first kappa shape index (κ1) is 24.6. The van der Waals surface area contributed by atoms with Gasteiger partial charge < -0.3 is 19.7 Å². The first-order valence-corrected chi connectivity index (χ1v) is 11.3. The molecule has 0 aliphatic carbocycles. The number of carbonyl (C=O) groups is 1. The van der Waals surface area contributed by atoms with Crippen LogP contribution in [0.1, 0.15) is 39.2 Å². The second kappa shape index (κ2) is 10.3. The van der Waals surface area contributed by atoms with Crippen LogP contribution in [-0.2, 0) is 4.74 Å². The van der Waals surface area contributed by atoms with Crippen molar-refractivity contribution < 1.29 is 19.2 Å². The van der Waals surface area contributed by atoms with E-state index < -0.39 is 11.7 Å². The fourth-order valence-corrected chi connectivity index (χ4v) is 4.12. The standard InChI is InChI=1S/C24H30ClN3O5/c1-16-20(32-21-10-6-5-9-18(21)25)12-11-19(28(30)31)22(16)27-13-7-8-17(15-27)14-26-23(29)33-24(2,3)4/h5-6,9-12,17H,7-8,13-15H2,1-4H3,(H,26,29)/t17-/m0/s1. The Labute approximate surface area is 199 Å². The lowest BCUT2D eigenvalue weighted by molar-refractivity contribution is -0.384. The van der Waals surface area contributed by atoms with Crippen molar-refractivity contribution in [3.8, 4) is 11.5 Å². The van der Waals surface area contributed by atoms with E-state index >= 15 is 0 Å². The second-order valence-corrected chi connectivity index (χ2v) is 9.59. The number of nitro groups is 1. The van der Waals surface area contributed by atoms with Crippen molar-refractivity contribution >= 4 is 29.1 Å². The van der Waals surface area contributed by atoms with Gasteiger partial charge in [0, 0.05) is 31.3 Å². The van der Waals surface area contributed by atoms with Gasteiger partial charge in [0.25, 0.3) is 5.69 Å². The molecule has 33 heavy (non-hydrogen) atoms. The molecule has 0 aromatic heterocycles. The van der Waals surface area contributed by atoms with E-state index in [1.807, 2.05) is 44.7 Å². The molecule has 1 aliphatic rings. The summed E-state index contributed by atoms with van der Waals surface area (Å²) in [4.78, 5) is 25.5. The van der Waals surface area contributed by atoms with E-state index in [-0.39, 0.29) is 16.5 Å². The molecule has 1 N–H and O–H groups in total. The van der Waals surface area contributed by atoms with Crippen LogP contribution in [0, 0.1) is 23.0 Å². The number of piperidine rings is 1. The predicted octanol–water partition coefficient (Wildman–Crippen LogP) is 6.09. The van der Waals surface area contributed by atoms with Crippen molar-refractivity contribution in [3.05, 3.63) is 57.1 Å². The third kappa shape index (κ3) is 6.51. The number of hydrogen-bond donors (Lipinski definition) is 1. The second-order valence-electron chi connectivity index (χ2n) is 9.18. The average Bonchev–Trinajstić information content (AvgIpc) is 2.74. The van der Waals surface area contributed by atoms with E-state index in [1.165, 1.54) is 6.07 Å². The minimum Gasteiger partial charge on any atom is -0.455 e. The maximum absolute atomic E-state index is 12.0. The highest BCUT2D eigenvalue weighted by Gasteiger charge is 2.29. The number of benzene rings is 2. The third-order valence-corrected chi connectivity index (χ3v) is 5.69. The van der Waals surface area contributed by atoms with Crippen LogP contribution < -0.4 is 15.0 Å². The van der Waals surface area contributed by atoms with E-state index in [1.54, 1.807) is 18.2 Å². The number of hydrogen-bond acceptors (Lipinski definition) is 6. The minimum absolute atomic E-state index is 0.0276. The monoisotopic (exact) mass is 475 g/mol. The van der Waals surface area contributed by atoms with E-state index in [0.717, 1.165) is 12.8 Å². The number of amides is 1. The molecule has 2 aromatic rings. The number of alkyl carbamates (subject to hydrolysis) is 1. The number of rotatable bonds is 6. The number of ether oxygens (including phenoxy) is 2. The predicted molar refractivity (Wildman–Crippen MR) is 129 cm³/mol. The summed E-state index contributed by atoms with van der Waals surface area (Å²) < 4.78 is 11.3. The Morgan fingerprint density at radius 2 is 1.97 bits per heavy atom. The Morgan fingerprint density at radius 1 is 1.24 bits per heavy atom. The van der Waals surface area contributed by atoms with Crippen LogP contribution in [0.3, 0.4) is 0 Å². The van der Waals surface area contributed by atoms with Crippen molar-refractivity contribution in [2.75, 3.05) is 24.5 Å². The number of carbonyl (C=O) groups excluding carboxylic acids is 1. The maximum Gasteiger partial charge on any atom is 0.407 e. The molecule has 9 heteroatoms. The van der Waals surface area contributed by atoms with Gasteiger partial charge in [-0.25, -0.2) is 4.79 Å². The summed E-state index contributed by atoms with van der Waals surface area (Å²) in [5, 5.41) is 15.1. The number of anilines is 1. The zero-order chi connectivity index (χ0) is 24.2. The molecule has 1 amide bonds. The molecule has 1 aliphatic heterocycles. The molecular formula is C24H30ClN3O5. The summed E-state index contributed by atoms with van der Waals surface area (Å²) in [7, 11) is 0. The smallest absolute Gasteiger partial charge is 0.407 e. The molecule has 0 spiro atoms. The third-order valence-electron chi connectivity index (χ3n) is 5.38. The number of nitro benzene ring substituents is 1. The highest BCUT2D eigenvalue weighted by Crippen LogP contribution is 2.41. The number of para-hydroxylation sites is 1. The Bertz CT molecular complexity index is 1020. The topological polar surface area (TPSA) is 93.9 Å². The molecule has 1 atom stereocenters. The first-order valence-electron chi connectivity index (χ1n) is 11.0. The molecule has 0 saturated carbocycles. The van der Waals surface area contributed by atoms with Gasteiger partial charge in [0.05, 0.1) is 9.95 Å². The van der Waals surface area contributed by atoms with Gasteiger partial charge in [-0.3, -0.25) is 10.1 Å². The van der Waals surface area contributed by atoms with Crippen molar-refractivity contribution in [3.63, 3.8) is 0 Å². The zero-order valence-corrected chi connectivity index (χ0v) is 20.1. The molecule has 0 unspecified atom stereocenters. The molecule has 0 bridgehead atoms. The summed E-state index contributed by atoms with van der Waals surface area (Å²) >= 11 is 6.23. The van der Waals surface area contributed by atoms with Crippen molar-refractivity contribution in [2.45, 2.75) is 46.1 Å². The van der Waals surface area contributed by atoms with Gasteiger partial charge in [0.1, 0.15) is 22.8 Å². The molecule has 2 aromatic carbocycles. The van der Waals surface area contributed by atoms with Crippen LogP contribution in [0.5, 0.6) is 11.5 Å². The zero-order valence-electron chi connectivity index (χ0n) is 19.4. The highest BCUT2D eigenvalue weighted by atomic mass is 35.5. The first-order chi connectivity index (χ1) is 15.5. The Hall–Kier alpha value is -3.00. The number of nitrogens with zero attached hydrogens (tertiary/aromatic N) is 2. The van der Waals surface area contributed by atoms with E-state index in [4.69, 9.17) is 21.1 Å². The summed E-state index contributed by atoms with van der Waals surface area (Å²) in [6, 6.07) is 10.2. The van der Waals surface area contributed by atoms with Crippen LogP contribution in [-0.4, -0.2) is 36.3 Å². The van der Waals surface area contributed by atoms with Crippen LogP contribution in [0.15, 0.2) is 36.4 Å². The molecular weight excluding hydrogens is 446 g/mol. The van der Waals surface area contributed by atoms with Crippen molar-refractivity contribution in [1.29, 1.82) is 0 Å². The quantitative estimate of drug-likeness (QED) is 0.401. The minimum atomic E-state index is -0.567. The molecule has 1 fully saturated rings. The van der Waals surface area contributed by atoms with Gasteiger partial charge >= 0.3 is 6.09 Å². The van der Waals surface area contributed by atoms with E-state index in [2.05, 4.69) is 5.32 Å². The molecule has 8 nitrogen and oxygen atoms in total. The van der Waals surface area contributed by atoms with Gasteiger partial charge in [-0.1, -0.05) is 23.7 Å². The van der Waals surface area contributed by atoms with Gasteiger partial charge in [0.2, 0.25) is 0 Å². The van der Waals surface area contributed by atoms with E-state index in [0.29, 0.717) is 47.4 Å². The normalized spacial score (nSPS) is 16.3. The van der Waals surface area contributed by atoms with Crippen LogP contribution in [0.25, 0.3) is 0 Å². The van der Waals surface area contributed by atoms with E-state index in [9.17, 15) is 14.9 Å². The average molecular weight is 476 g/mol. The number of nitrogens with one attached hydrogen (secondary N) is 1. The fourth-order valence-electron chi connectivity index (χ4n) is 3.95. The van der Waals surface area contributed by atoms with Gasteiger partial charge in [-0.15, -0.1) is 0 Å². The SMILES string of the molecule is Cc1c(Oc2ccccc2Cl)ccc([N+](=O)[O-])c1N1CCC[C@@H](CNC(=O)OC(C)(C)C)C1. The van der Waals surface area contributed by atoms with Gasteiger partial charge in [-0.2, -0.15) is 0 Å². The summed E-state index contributed by atoms with van der Waals surface area (Å²) in [6.45, 7) is 8.95. The fraction of sp³-hybridized carbons (Fsp3) is 0.458. The molecule has 3 rings (SSSR count). The Balaban J connectivity index is 1.80. The highest BCUT2D eigenvalue weighted by molar-refractivity contribution is 6.32. The Kier molecular flexibility index (Phi) is 7.68. The lowest BCUT2D eigenvalue weighted by Gasteiger charge is -2.35. The summed E-state index contributed by atoms with van der Waals surface area (Å²) in [5.74, 6) is 1.14. The number of halogens is 1. The molecule has 178 valence electrons. The van der Waals surface area contributed by atoms with Crippen LogP contribution >= 0.6 is 11.6 Å². The summed E-state index contributed by atoms with van der Waals surface area (Å²) in [6.07, 6.45) is 1.30. The molecule has 0 radical (unpaired) electrons. The lowest BCUT2D eigenvalue weighted by atomic mass is 9.96. The molecule has 1 saturated heterocycles. The Morgan fingerprint density at radius 3 is 2.64 bits per heavy atom. The van der Waals surface area contributed by atoms with Crippen molar-refractivity contribution in [2.24, 2.45) is 5.92 Å².